The Bertz CT molecular complexity index is 623. The van der Waals surface area contributed by atoms with E-state index in [9.17, 15) is 9.90 Å². The lowest BCUT2D eigenvalue weighted by Crippen LogP contribution is -2.12. The third-order valence-electron chi connectivity index (χ3n) is 3.21. The Kier molecular flexibility index (Phi) is 2.57. The Morgan fingerprint density at radius 3 is 2.89 bits per heavy atom. The summed E-state index contributed by atoms with van der Waals surface area (Å²) in [5, 5.41) is 12.2. The minimum atomic E-state index is -0.0613. The minimum absolute atomic E-state index is 0.0357. The quantitative estimate of drug-likeness (QED) is 0.835. The fourth-order valence-corrected chi connectivity index (χ4v) is 2.32. The van der Waals surface area contributed by atoms with Crippen LogP contribution in [0.5, 0.6) is 0 Å². The second-order valence-corrected chi connectivity index (χ2v) is 4.21. The van der Waals surface area contributed by atoms with Crippen LogP contribution in [0, 0.1) is 0 Å². The number of nitrogens with zero attached hydrogens (tertiary/aromatic N) is 1. The molecule has 1 aliphatic heterocycles. The van der Waals surface area contributed by atoms with Crippen LogP contribution < -0.4 is 5.32 Å². The molecular weight excluding hydrogens is 228 g/mol. The first kappa shape index (κ1) is 10.9. The topological polar surface area (TPSA) is 62.2 Å². The first-order valence-corrected chi connectivity index (χ1v) is 5.75. The molecule has 0 bridgehead atoms. The van der Waals surface area contributed by atoms with Crippen molar-refractivity contribution in [2.45, 2.75) is 13.2 Å². The molecule has 2 heterocycles. The number of aromatic nitrogens is 1. The average Bonchev–Trinajstić information content (AvgIpc) is 2.81. The molecule has 18 heavy (non-hydrogen) atoms. The van der Waals surface area contributed by atoms with Crippen molar-refractivity contribution < 1.29 is 9.90 Å². The molecule has 2 N–H and O–H groups in total. The smallest absolute Gasteiger partial charge is 0.251 e. The number of aliphatic hydroxyl groups is 1. The maximum Gasteiger partial charge on any atom is 0.251 e. The molecule has 0 fully saturated rings. The third-order valence-corrected chi connectivity index (χ3v) is 3.21. The summed E-state index contributed by atoms with van der Waals surface area (Å²) >= 11 is 0. The van der Waals surface area contributed by atoms with Gasteiger partial charge in [0.05, 0.1) is 6.61 Å². The summed E-state index contributed by atoms with van der Waals surface area (Å²) in [6, 6.07) is 7.51. The van der Waals surface area contributed by atoms with Gasteiger partial charge in [0.2, 0.25) is 0 Å². The molecule has 0 atom stereocenters. The van der Waals surface area contributed by atoms with Gasteiger partial charge in [-0.3, -0.25) is 9.78 Å². The van der Waals surface area contributed by atoms with Gasteiger partial charge < -0.3 is 10.4 Å². The van der Waals surface area contributed by atoms with Crippen LogP contribution >= 0.6 is 0 Å². The van der Waals surface area contributed by atoms with E-state index in [1.54, 1.807) is 12.4 Å². The molecule has 4 nitrogen and oxygen atoms in total. The Morgan fingerprint density at radius 1 is 1.22 bits per heavy atom. The lowest BCUT2D eigenvalue weighted by atomic mass is 9.95. The van der Waals surface area contributed by atoms with Crippen molar-refractivity contribution in [1.82, 2.24) is 10.3 Å². The number of pyridine rings is 1. The van der Waals surface area contributed by atoms with Gasteiger partial charge in [-0.05, 0) is 28.8 Å². The number of hydrogen-bond donors (Lipinski definition) is 2. The van der Waals surface area contributed by atoms with Crippen LogP contribution in [0.2, 0.25) is 0 Å². The first-order chi connectivity index (χ1) is 8.81. The fraction of sp³-hybridized carbons (Fsp3) is 0.143. The predicted molar refractivity (Wildman–Crippen MR) is 66.8 cm³/mol. The van der Waals surface area contributed by atoms with Crippen molar-refractivity contribution >= 4 is 5.91 Å². The second kappa shape index (κ2) is 4.23. The number of nitrogens with one attached hydrogen (secondary N) is 1. The highest BCUT2D eigenvalue weighted by molar-refractivity contribution is 6.00. The van der Waals surface area contributed by atoms with E-state index in [4.69, 9.17) is 0 Å². The van der Waals surface area contributed by atoms with E-state index in [2.05, 4.69) is 10.3 Å². The van der Waals surface area contributed by atoms with Gasteiger partial charge >= 0.3 is 0 Å². The van der Waals surface area contributed by atoms with Crippen LogP contribution in [0.3, 0.4) is 0 Å². The molecule has 0 aliphatic carbocycles. The summed E-state index contributed by atoms with van der Waals surface area (Å²) in [7, 11) is 0. The zero-order valence-corrected chi connectivity index (χ0v) is 9.68. The van der Waals surface area contributed by atoms with Crippen LogP contribution in [0.4, 0.5) is 0 Å². The molecule has 4 heteroatoms. The lowest BCUT2D eigenvalue weighted by Gasteiger charge is -2.10. The number of hydrogen-bond acceptors (Lipinski definition) is 3. The first-order valence-electron chi connectivity index (χ1n) is 5.75. The molecule has 2 aromatic rings. The molecule has 1 amide bonds. The lowest BCUT2D eigenvalue weighted by molar-refractivity contribution is 0.0966. The normalized spacial score (nSPS) is 13.3. The van der Waals surface area contributed by atoms with Gasteiger partial charge in [0.15, 0.2) is 0 Å². The summed E-state index contributed by atoms with van der Waals surface area (Å²) in [6.07, 6.45) is 3.34. The molecule has 1 aromatic carbocycles. The average molecular weight is 240 g/mol. The number of amides is 1. The molecule has 0 radical (unpaired) electrons. The highest BCUT2D eigenvalue weighted by Crippen LogP contribution is 2.31. The van der Waals surface area contributed by atoms with Crippen molar-refractivity contribution in [3.05, 3.63) is 53.3 Å². The maximum atomic E-state index is 11.6. The Balaban J connectivity index is 2.22. The molecule has 1 aliphatic rings. The summed E-state index contributed by atoms with van der Waals surface area (Å²) in [4.78, 5) is 15.6. The number of carbonyl (C=O) groups excluding carboxylic acids is 1. The van der Waals surface area contributed by atoms with Crippen molar-refractivity contribution in [2.75, 3.05) is 0 Å². The van der Waals surface area contributed by atoms with Crippen LogP contribution in [0.1, 0.15) is 21.5 Å². The maximum absolute atomic E-state index is 11.6. The van der Waals surface area contributed by atoms with E-state index in [1.807, 2.05) is 24.3 Å². The summed E-state index contributed by atoms with van der Waals surface area (Å²) in [5.41, 5.74) is 4.39. The second-order valence-electron chi connectivity index (χ2n) is 4.21. The zero-order chi connectivity index (χ0) is 12.5. The van der Waals surface area contributed by atoms with Gasteiger partial charge in [0, 0.05) is 30.1 Å². The molecule has 90 valence electrons. The van der Waals surface area contributed by atoms with E-state index in [-0.39, 0.29) is 12.5 Å². The Morgan fingerprint density at radius 2 is 2.06 bits per heavy atom. The molecular formula is C14H12N2O2. The number of benzene rings is 1. The molecule has 0 unspecified atom stereocenters. The number of aliphatic hydroxyl groups excluding tert-OH is 1. The summed E-state index contributed by atoms with van der Waals surface area (Å²) in [6.45, 7) is 0.478. The predicted octanol–water partition coefficient (Wildman–Crippen LogP) is 1.48. The van der Waals surface area contributed by atoms with Gasteiger partial charge in [-0.15, -0.1) is 0 Å². The number of carbonyl (C=O) groups is 1. The minimum Gasteiger partial charge on any atom is -0.392 e. The van der Waals surface area contributed by atoms with Gasteiger partial charge in [-0.25, -0.2) is 0 Å². The van der Waals surface area contributed by atoms with Crippen molar-refractivity contribution in [3.63, 3.8) is 0 Å². The van der Waals surface area contributed by atoms with Crippen LogP contribution in [-0.2, 0) is 13.2 Å². The zero-order valence-electron chi connectivity index (χ0n) is 9.68. The third kappa shape index (κ3) is 1.58. The molecule has 0 saturated heterocycles. The number of fused-ring (bicyclic) bond motifs is 1. The van der Waals surface area contributed by atoms with Crippen molar-refractivity contribution in [3.8, 4) is 11.1 Å². The van der Waals surface area contributed by atoms with Gasteiger partial charge in [0.1, 0.15) is 0 Å². The van der Waals surface area contributed by atoms with E-state index >= 15 is 0 Å². The van der Waals surface area contributed by atoms with E-state index < -0.39 is 0 Å². The summed E-state index contributed by atoms with van der Waals surface area (Å²) in [5.74, 6) is -0.0357. The largest absolute Gasteiger partial charge is 0.392 e. The van der Waals surface area contributed by atoms with Gasteiger partial charge in [-0.1, -0.05) is 12.1 Å². The monoisotopic (exact) mass is 240 g/mol. The van der Waals surface area contributed by atoms with Crippen LogP contribution in [-0.4, -0.2) is 16.0 Å². The van der Waals surface area contributed by atoms with Crippen LogP contribution in [0.15, 0.2) is 36.7 Å². The number of rotatable bonds is 2. The van der Waals surface area contributed by atoms with Crippen molar-refractivity contribution in [1.29, 1.82) is 0 Å². The van der Waals surface area contributed by atoms with Gasteiger partial charge in [-0.2, -0.15) is 0 Å². The van der Waals surface area contributed by atoms with E-state index in [0.717, 1.165) is 22.3 Å². The highest BCUT2D eigenvalue weighted by Gasteiger charge is 2.22. The Labute approximate surface area is 104 Å². The van der Waals surface area contributed by atoms with Crippen LogP contribution in [0.25, 0.3) is 11.1 Å². The van der Waals surface area contributed by atoms with Crippen molar-refractivity contribution in [2.24, 2.45) is 0 Å². The molecule has 0 spiro atoms. The van der Waals surface area contributed by atoms with E-state index in [0.29, 0.717) is 12.1 Å². The van der Waals surface area contributed by atoms with Gasteiger partial charge in [0.25, 0.3) is 5.91 Å². The molecule has 3 rings (SSSR count). The fourth-order valence-electron chi connectivity index (χ4n) is 2.32. The van der Waals surface area contributed by atoms with E-state index in [1.165, 1.54) is 0 Å². The molecule has 1 aromatic heterocycles. The Hall–Kier alpha value is -2.20. The molecule has 0 saturated carbocycles. The highest BCUT2D eigenvalue weighted by atomic mass is 16.3. The standard InChI is InChI=1S/C14H12N2O2/c17-8-9-6-15-5-4-10(9)11-2-1-3-12-13(11)7-16-14(12)18/h1-6,17H,7-8H2,(H,16,18). The summed E-state index contributed by atoms with van der Waals surface area (Å²) < 4.78 is 0. The SMILES string of the molecule is O=C1NCc2c1cccc2-c1ccncc1CO.